The van der Waals surface area contributed by atoms with Crippen LogP contribution in [-0.4, -0.2) is 24.8 Å². The predicted octanol–water partition coefficient (Wildman–Crippen LogP) is 3.67. The summed E-state index contributed by atoms with van der Waals surface area (Å²) in [6, 6.07) is 14.2. The predicted molar refractivity (Wildman–Crippen MR) is 109 cm³/mol. The van der Waals surface area contributed by atoms with Gasteiger partial charge in [-0.15, -0.1) is 10.2 Å². The third kappa shape index (κ3) is 3.16. The van der Waals surface area contributed by atoms with Gasteiger partial charge in [0.05, 0.1) is 11.2 Å². The second-order valence-electron chi connectivity index (χ2n) is 6.61. The lowest BCUT2D eigenvalue weighted by Crippen LogP contribution is -2.03. The number of pyridine rings is 1. The molecule has 3 aromatic heterocycles. The number of fused-ring (bicyclic) bond motifs is 2. The molecule has 0 fully saturated rings. The van der Waals surface area contributed by atoms with Gasteiger partial charge in [0.2, 0.25) is 0 Å². The third-order valence-corrected chi connectivity index (χ3v) is 4.70. The average Bonchev–Trinajstić information content (AvgIpc) is 3.10. The first-order valence-electron chi connectivity index (χ1n) is 9.20. The molecule has 0 saturated heterocycles. The summed E-state index contributed by atoms with van der Waals surface area (Å²) < 4.78 is 1.83. The van der Waals surface area contributed by atoms with Crippen molar-refractivity contribution in [2.45, 2.75) is 12.8 Å². The topological polar surface area (TPSA) is 68.0 Å². The highest BCUT2D eigenvalue weighted by Crippen LogP contribution is 2.19. The van der Waals surface area contributed by atoms with Gasteiger partial charge in [0.15, 0.2) is 11.5 Å². The number of nitrogens with one attached hydrogen (secondary N) is 1. The van der Waals surface area contributed by atoms with Crippen LogP contribution in [0.15, 0.2) is 79.3 Å². The van der Waals surface area contributed by atoms with E-state index in [4.69, 9.17) is 5.10 Å². The number of allylic oxidation sites excluding steroid dienone is 4. The molecule has 1 aliphatic rings. The van der Waals surface area contributed by atoms with Crippen molar-refractivity contribution in [1.82, 2.24) is 30.1 Å². The normalized spacial score (nSPS) is 18.1. The molecule has 5 rings (SSSR count). The second kappa shape index (κ2) is 7.08. The summed E-state index contributed by atoms with van der Waals surface area (Å²) in [6.07, 6.45) is 13.4. The van der Waals surface area contributed by atoms with E-state index in [1.807, 2.05) is 53.5 Å². The molecule has 0 saturated carbocycles. The van der Waals surface area contributed by atoms with Crippen LogP contribution in [0.25, 0.3) is 22.1 Å². The van der Waals surface area contributed by atoms with E-state index in [2.05, 4.69) is 50.8 Å². The molecular formula is C22H18N6. The maximum Gasteiger partial charge on any atom is 0.177 e. The van der Waals surface area contributed by atoms with E-state index in [1.54, 1.807) is 0 Å². The van der Waals surface area contributed by atoms with Gasteiger partial charge in [0.1, 0.15) is 0 Å². The number of benzene rings is 1. The van der Waals surface area contributed by atoms with Crippen molar-refractivity contribution in [3.05, 3.63) is 96.4 Å². The van der Waals surface area contributed by atoms with E-state index in [0.29, 0.717) is 6.42 Å². The van der Waals surface area contributed by atoms with Crippen molar-refractivity contribution in [2.24, 2.45) is 0 Å². The van der Waals surface area contributed by atoms with Gasteiger partial charge in [-0.05, 0) is 60.2 Å². The molecule has 4 heterocycles. The van der Waals surface area contributed by atoms with Crippen LogP contribution >= 0.6 is 0 Å². The third-order valence-electron chi connectivity index (χ3n) is 4.70. The van der Waals surface area contributed by atoms with Gasteiger partial charge in [-0.25, -0.2) is 0 Å². The average molecular weight is 366 g/mol. The van der Waals surface area contributed by atoms with Crippen LogP contribution in [0.5, 0.6) is 0 Å². The molecule has 0 unspecified atom stereocenters. The number of nitrogens with zero attached hydrogens (tertiary/aromatic N) is 5. The summed E-state index contributed by atoms with van der Waals surface area (Å²) in [7, 11) is 0. The zero-order valence-corrected chi connectivity index (χ0v) is 15.2. The summed E-state index contributed by atoms with van der Waals surface area (Å²) in [5.74, 6) is 0.813. The Kier molecular flexibility index (Phi) is 4.14. The summed E-state index contributed by atoms with van der Waals surface area (Å²) in [5.41, 5.74) is 4.85. The second-order valence-corrected chi connectivity index (χ2v) is 6.61. The van der Waals surface area contributed by atoms with Gasteiger partial charge in [0.25, 0.3) is 0 Å². The van der Waals surface area contributed by atoms with Crippen LogP contribution in [0.3, 0.4) is 0 Å². The Bertz CT molecular complexity index is 1250. The van der Waals surface area contributed by atoms with Gasteiger partial charge >= 0.3 is 0 Å². The maximum atomic E-state index is 4.80. The maximum absolute atomic E-state index is 4.80. The van der Waals surface area contributed by atoms with E-state index in [1.165, 1.54) is 0 Å². The van der Waals surface area contributed by atoms with Crippen molar-refractivity contribution in [3.63, 3.8) is 0 Å². The molecule has 0 spiro atoms. The lowest BCUT2D eigenvalue weighted by molar-refractivity contribution is 0.831. The highest BCUT2D eigenvalue weighted by atomic mass is 15.4. The molecule has 0 radical (unpaired) electrons. The number of aromatic nitrogens is 5. The first-order valence-corrected chi connectivity index (χ1v) is 9.20. The van der Waals surface area contributed by atoms with Crippen LogP contribution in [-0.2, 0) is 6.42 Å². The fourth-order valence-corrected chi connectivity index (χ4v) is 3.30. The SMILES string of the molecule is C1=C\N/C=C\C(c2ccc3nnc(Cc4ccc5ncccc5c4)n3n2)=C/C/1. The molecule has 6 nitrogen and oxygen atoms in total. The Balaban J connectivity index is 1.51. The van der Waals surface area contributed by atoms with E-state index in [0.717, 1.165) is 45.6 Å². The van der Waals surface area contributed by atoms with Crippen LogP contribution in [0, 0.1) is 0 Å². The van der Waals surface area contributed by atoms with E-state index < -0.39 is 0 Å². The molecule has 1 aromatic carbocycles. The quantitative estimate of drug-likeness (QED) is 0.599. The standard InChI is InChI=1S/C22H18N6/c1-2-11-23-13-10-17(4-1)20-8-9-21-25-26-22(28(21)27-20)15-16-6-7-19-18(14-16)5-3-12-24-19/h2-14,23H,1,15H2/b11-2-,13-10-,17-4+. The molecule has 6 heteroatoms. The molecule has 0 aliphatic carbocycles. The van der Waals surface area contributed by atoms with Crippen LogP contribution in [0.1, 0.15) is 23.5 Å². The van der Waals surface area contributed by atoms with Crippen molar-refractivity contribution in [3.8, 4) is 0 Å². The van der Waals surface area contributed by atoms with E-state index >= 15 is 0 Å². The minimum atomic E-state index is 0.654. The van der Waals surface area contributed by atoms with Gasteiger partial charge in [-0.3, -0.25) is 4.98 Å². The highest BCUT2D eigenvalue weighted by molar-refractivity contribution is 5.79. The summed E-state index contributed by atoms with van der Waals surface area (Å²) in [6.45, 7) is 0. The lowest BCUT2D eigenvalue weighted by Gasteiger charge is -2.06. The first kappa shape index (κ1) is 16.4. The Morgan fingerprint density at radius 1 is 1.04 bits per heavy atom. The molecule has 28 heavy (non-hydrogen) atoms. The van der Waals surface area contributed by atoms with E-state index in [-0.39, 0.29) is 0 Å². The van der Waals surface area contributed by atoms with Crippen molar-refractivity contribution in [2.75, 3.05) is 0 Å². The fourth-order valence-electron chi connectivity index (χ4n) is 3.30. The molecule has 4 aromatic rings. The number of hydrogen-bond acceptors (Lipinski definition) is 5. The lowest BCUT2D eigenvalue weighted by atomic mass is 10.1. The molecule has 1 aliphatic heterocycles. The minimum Gasteiger partial charge on any atom is -0.368 e. The van der Waals surface area contributed by atoms with Gasteiger partial charge in [-0.1, -0.05) is 24.3 Å². The molecule has 0 atom stereocenters. The highest BCUT2D eigenvalue weighted by Gasteiger charge is 2.10. The molecule has 0 bridgehead atoms. The summed E-state index contributed by atoms with van der Waals surface area (Å²) in [4.78, 5) is 4.38. The smallest absolute Gasteiger partial charge is 0.177 e. The number of hydrogen-bond donors (Lipinski definition) is 1. The van der Waals surface area contributed by atoms with E-state index in [9.17, 15) is 0 Å². The van der Waals surface area contributed by atoms with Crippen molar-refractivity contribution in [1.29, 1.82) is 0 Å². The van der Waals surface area contributed by atoms with Crippen LogP contribution in [0.2, 0.25) is 0 Å². The minimum absolute atomic E-state index is 0.654. The fraction of sp³-hybridized carbons (Fsp3) is 0.0909. The Morgan fingerprint density at radius 2 is 2.04 bits per heavy atom. The summed E-state index contributed by atoms with van der Waals surface area (Å²) in [5, 5.41) is 17.7. The van der Waals surface area contributed by atoms with Crippen LogP contribution in [0.4, 0.5) is 0 Å². The van der Waals surface area contributed by atoms with Crippen molar-refractivity contribution < 1.29 is 0 Å². The zero-order valence-electron chi connectivity index (χ0n) is 15.2. The monoisotopic (exact) mass is 366 g/mol. The Hall–Kier alpha value is -3.80. The van der Waals surface area contributed by atoms with Crippen LogP contribution < -0.4 is 5.32 Å². The Labute approximate surface area is 161 Å². The molecule has 136 valence electrons. The molecule has 1 N–H and O–H groups in total. The molecular weight excluding hydrogens is 348 g/mol. The van der Waals surface area contributed by atoms with Gasteiger partial charge < -0.3 is 5.32 Å². The summed E-state index contributed by atoms with van der Waals surface area (Å²) >= 11 is 0. The largest absolute Gasteiger partial charge is 0.368 e. The van der Waals surface area contributed by atoms with Crippen molar-refractivity contribution >= 4 is 22.1 Å². The molecule has 0 amide bonds. The number of rotatable bonds is 3. The van der Waals surface area contributed by atoms with Gasteiger partial charge in [0, 0.05) is 24.2 Å². The Morgan fingerprint density at radius 3 is 3.04 bits per heavy atom. The van der Waals surface area contributed by atoms with Gasteiger partial charge in [-0.2, -0.15) is 9.61 Å². The zero-order chi connectivity index (χ0) is 18.8. The first-order chi connectivity index (χ1) is 13.9.